The predicted octanol–water partition coefficient (Wildman–Crippen LogP) is 2.72. The molecule has 1 aromatic carbocycles. The molecule has 0 spiro atoms. The van der Waals surface area contributed by atoms with E-state index in [1.807, 2.05) is 6.07 Å². The molecule has 0 saturated carbocycles. The first kappa shape index (κ1) is 14.4. The zero-order valence-electron chi connectivity index (χ0n) is 8.94. The molecule has 0 fully saturated rings. The normalized spacial score (nSPS) is 11.9. The Kier molecular flexibility index (Phi) is 5.38. The fourth-order valence-electron chi connectivity index (χ4n) is 1.29. The van der Waals surface area contributed by atoms with Crippen molar-refractivity contribution in [3.63, 3.8) is 0 Å². The molecular formula is C11H10BrIO4. The number of carboxylic acid groups (broad SMARTS) is 1. The van der Waals surface area contributed by atoms with Gasteiger partial charge in [-0.2, -0.15) is 0 Å². The fraction of sp³-hybridized carbons (Fsp3) is 0.273. The number of hydrogen-bond donors (Lipinski definition) is 1. The Morgan fingerprint density at radius 1 is 1.53 bits per heavy atom. The Bertz CT molecular complexity index is 447. The van der Waals surface area contributed by atoms with Crippen molar-refractivity contribution in [3.8, 4) is 5.75 Å². The van der Waals surface area contributed by atoms with Gasteiger partial charge in [-0.1, -0.05) is 15.9 Å². The van der Waals surface area contributed by atoms with Crippen LogP contribution in [-0.4, -0.2) is 28.8 Å². The first-order valence-corrected chi connectivity index (χ1v) is 6.68. The summed E-state index contributed by atoms with van der Waals surface area (Å²) in [6.07, 6.45) is -0.256. The molecule has 0 aliphatic heterocycles. The third-order valence-corrected chi connectivity index (χ3v) is 3.48. The van der Waals surface area contributed by atoms with E-state index < -0.39 is 10.8 Å². The van der Waals surface area contributed by atoms with E-state index in [-0.39, 0.29) is 12.2 Å². The summed E-state index contributed by atoms with van der Waals surface area (Å²) in [5, 5.41) is 8.65. The van der Waals surface area contributed by atoms with Crippen molar-refractivity contribution < 1.29 is 19.4 Å². The van der Waals surface area contributed by atoms with Gasteiger partial charge in [0.2, 0.25) is 0 Å². The van der Waals surface area contributed by atoms with Gasteiger partial charge in [-0.05, 0) is 40.8 Å². The molecule has 0 aromatic heterocycles. The number of rotatable bonds is 5. The van der Waals surface area contributed by atoms with Crippen LogP contribution in [0.2, 0.25) is 0 Å². The summed E-state index contributed by atoms with van der Waals surface area (Å²) in [7, 11) is 1.47. The number of ether oxygens (including phenoxy) is 1. The number of carboxylic acids is 1. The highest BCUT2D eigenvalue weighted by atomic mass is 127. The average Bonchev–Trinajstić information content (AvgIpc) is 2.27. The summed E-state index contributed by atoms with van der Waals surface area (Å²) in [6.45, 7) is 0. The van der Waals surface area contributed by atoms with Gasteiger partial charge in [0.25, 0.3) is 0 Å². The van der Waals surface area contributed by atoms with Gasteiger partial charge >= 0.3 is 5.97 Å². The third-order valence-electron chi connectivity index (χ3n) is 2.07. The van der Waals surface area contributed by atoms with E-state index >= 15 is 0 Å². The Labute approximate surface area is 121 Å². The van der Waals surface area contributed by atoms with Gasteiger partial charge in [0, 0.05) is 3.57 Å². The summed E-state index contributed by atoms with van der Waals surface area (Å²) in [5.41, 5.74) is 0.391. The average molecular weight is 413 g/mol. The number of Topliss-reactive ketones (excluding diaryl/α,β-unsaturated/α-hetero) is 1. The van der Waals surface area contributed by atoms with E-state index in [0.717, 1.165) is 3.57 Å². The van der Waals surface area contributed by atoms with E-state index in [1.165, 1.54) is 7.11 Å². The van der Waals surface area contributed by atoms with Crippen LogP contribution in [0.5, 0.6) is 5.75 Å². The number of benzene rings is 1. The summed E-state index contributed by atoms with van der Waals surface area (Å²) in [5.74, 6) is -0.863. The minimum atomic E-state index is -1.02. The van der Waals surface area contributed by atoms with Crippen LogP contribution < -0.4 is 4.74 Å². The first-order valence-electron chi connectivity index (χ1n) is 4.69. The van der Waals surface area contributed by atoms with Crippen LogP contribution in [0.1, 0.15) is 16.8 Å². The Balaban J connectivity index is 3.02. The van der Waals surface area contributed by atoms with Crippen molar-refractivity contribution in [2.45, 2.75) is 11.2 Å². The number of carbonyl (C=O) groups excluding carboxylic acids is 1. The quantitative estimate of drug-likeness (QED) is 0.459. The molecule has 0 saturated heterocycles. The molecule has 1 N–H and O–H groups in total. The van der Waals surface area contributed by atoms with Gasteiger partial charge in [0.1, 0.15) is 5.75 Å². The van der Waals surface area contributed by atoms with E-state index in [0.29, 0.717) is 11.3 Å². The lowest BCUT2D eigenvalue weighted by Gasteiger charge is -2.10. The number of ketones is 1. The Morgan fingerprint density at radius 2 is 2.18 bits per heavy atom. The van der Waals surface area contributed by atoms with Crippen molar-refractivity contribution in [1.82, 2.24) is 0 Å². The summed E-state index contributed by atoms with van der Waals surface area (Å²) in [4.78, 5) is 21.8. The van der Waals surface area contributed by atoms with Crippen molar-refractivity contribution in [2.24, 2.45) is 0 Å². The van der Waals surface area contributed by atoms with E-state index in [9.17, 15) is 9.59 Å². The highest BCUT2D eigenvalue weighted by molar-refractivity contribution is 14.1. The zero-order valence-corrected chi connectivity index (χ0v) is 12.7. The van der Waals surface area contributed by atoms with Crippen LogP contribution in [0.15, 0.2) is 18.2 Å². The molecule has 1 unspecified atom stereocenters. The van der Waals surface area contributed by atoms with Gasteiger partial charge in [0.15, 0.2) is 5.78 Å². The van der Waals surface area contributed by atoms with Crippen molar-refractivity contribution in [1.29, 1.82) is 0 Å². The fourth-order valence-corrected chi connectivity index (χ4v) is 2.30. The SMILES string of the molecule is COc1ccc(I)cc1C(=O)C(Br)CC(=O)O. The van der Waals surface area contributed by atoms with Gasteiger partial charge in [-0.3, -0.25) is 9.59 Å². The number of aliphatic carboxylic acids is 1. The maximum Gasteiger partial charge on any atom is 0.304 e. The highest BCUT2D eigenvalue weighted by Crippen LogP contribution is 2.25. The lowest BCUT2D eigenvalue weighted by molar-refractivity contribution is -0.136. The second-order valence-corrected chi connectivity index (χ2v) is 5.63. The molecule has 0 aliphatic rings. The van der Waals surface area contributed by atoms with Crippen LogP contribution >= 0.6 is 38.5 Å². The highest BCUT2D eigenvalue weighted by Gasteiger charge is 2.23. The number of halogens is 2. The molecule has 92 valence electrons. The molecule has 0 amide bonds. The van der Waals surface area contributed by atoms with Crippen LogP contribution in [0.25, 0.3) is 0 Å². The van der Waals surface area contributed by atoms with Crippen LogP contribution in [0, 0.1) is 3.57 Å². The number of hydrogen-bond acceptors (Lipinski definition) is 3. The lowest BCUT2D eigenvalue weighted by Crippen LogP contribution is -2.19. The largest absolute Gasteiger partial charge is 0.496 e. The van der Waals surface area contributed by atoms with E-state index in [4.69, 9.17) is 9.84 Å². The molecule has 1 rings (SSSR count). The van der Waals surface area contributed by atoms with E-state index in [2.05, 4.69) is 38.5 Å². The summed E-state index contributed by atoms with van der Waals surface area (Å²) in [6, 6.07) is 5.18. The van der Waals surface area contributed by atoms with Crippen LogP contribution in [0.4, 0.5) is 0 Å². The molecule has 0 radical (unpaired) electrons. The summed E-state index contributed by atoms with van der Waals surface area (Å²) >= 11 is 5.16. The Hall–Kier alpha value is -0.630. The van der Waals surface area contributed by atoms with Crippen LogP contribution in [-0.2, 0) is 4.79 Å². The molecule has 0 bridgehead atoms. The van der Waals surface area contributed by atoms with E-state index in [1.54, 1.807) is 12.1 Å². The monoisotopic (exact) mass is 412 g/mol. The second-order valence-electron chi connectivity index (χ2n) is 3.27. The second kappa shape index (κ2) is 6.34. The molecule has 4 nitrogen and oxygen atoms in total. The number of alkyl halides is 1. The molecule has 0 aliphatic carbocycles. The summed E-state index contributed by atoms with van der Waals surface area (Å²) < 4.78 is 5.97. The topological polar surface area (TPSA) is 63.6 Å². The standard InChI is InChI=1S/C11H10BrIO4/c1-17-9-3-2-6(13)4-7(9)11(16)8(12)5-10(14)15/h2-4,8H,5H2,1H3,(H,14,15). The van der Waals surface area contributed by atoms with Crippen molar-refractivity contribution in [3.05, 3.63) is 27.3 Å². The zero-order chi connectivity index (χ0) is 13.0. The third kappa shape index (κ3) is 3.95. The van der Waals surface area contributed by atoms with Crippen molar-refractivity contribution in [2.75, 3.05) is 7.11 Å². The number of carbonyl (C=O) groups is 2. The molecular weight excluding hydrogens is 403 g/mol. The molecule has 1 atom stereocenters. The maximum absolute atomic E-state index is 12.0. The first-order chi connectivity index (χ1) is 7.95. The van der Waals surface area contributed by atoms with Crippen LogP contribution in [0.3, 0.4) is 0 Å². The maximum atomic E-state index is 12.0. The minimum absolute atomic E-state index is 0.256. The molecule has 6 heteroatoms. The lowest BCUT2D eigenvalue weighted by atomic mass is 10.1. The van der Waals surface area contributed by atoms with Crippen molar-refractivity contribution >= 4 is 50.3 Å². The molecule has 1 aromatic rings. The number of methoxy groups -OCH3 is 1. The molecule has 0 heterocycles. The predicted molar refractivity (Wildman–Crippen MR) is 75.0 cm³/mol. The molecule has 17 heavy (non-hydrogen) atoms. The van der Waals surface area contributed by atoms with Gasteiger partial charge in [0.05, 0.1) is 23.9 Å². The van der Waals surface area contributed by atoms with Gasteiger partial charge in [-0.25, -0.2) is 0 Å². The smallest absolute Gasteiger partial charge is 0.304 e. The van der Waals surface area contributed by atoms with Gasteiger partial charge < -0.3 is 9.84 Å². The minimum Gasteiger partial charge on any atom is -0.496 e. The Morgan fingerprint density at radius 3 is 2.71 bits per heavy atom. The van der Waals surface area contributed by atoms with Gasteiger partial charge in [-0.15, -0.1) is 0 Å².